The highest BCUT2D eigenvalue weighted by Crippen LogP contribution is 2.40. The van der Waals surface area contributed by atoms with Crippen molar-refractivity contribution in [2.24, 2.45) is 0 Å². The smallest absolute Gasteiger partial charge is 0.186 e. The molecule has 0 spiro atoms. The largest absolute Gasteiger partial charge is 0.365 e. The third-order valence-electron chi connectivity index (χ3n) is 7.22. The van der Waals surface area contributed by atoms with Crippen LogP contribution in [0.2, 0.25) is 5.02 Å². The first-order chi connectivity index (χ1) is 18.1. The molecule has 0 amide bonds. The fourth-order valence-electron chi connectivity index (χ4n) is 5.41. The van der Waals surface area contributed by atoms with Crippen molar-refractivity contribution in [1.29, 1.82) is 0 Å². The van der Waals surface area contributed by atoms with Gasteiger partial charge in [-0.15, -0.1) is 11.8 Å². The lowest BCUT2D eigenvalue weighted by Gasteiger charge is -2.42. The Balaban J connectivity index is 1.50. The maximum Gasteiger partial charge on any atom is 0.186 e. The van der Waals surface area contributed by atoms with E-state index in [2.05, 4.69) is 9.88 Å². The van der Waals surface area contributed by atoms with Crippen molar-refractivity contribution in [3.63, 3.8) is 0 Å². The van der Waals surface area contributed by atoms with E-state index >= 15 is 0 Å². The molecule has 0 N–H and O–H groups in total. The summed E-state index contributed by atoms with van der Waals surface area (Å²) in [5, 5.41) is 1.45. The van der Waals surface area contributed by atoms with Gasteiger partial charge in [-0.05, 0) is 61.9 Å². The van der Waals surface area contributed by atoms with E-state index in [9.17, 15) is 17.6 Å². The number of nitrogens with zero attached hydrogens (tertiary/aromatic N) is 3. The summed E-state index contributed by atoms with van der Waals surface area (Å²) in [5.41, 5.74) is 5.20. The Morgan fingerprint density at radius 3 is 2.21 bits per heavy atom. The second kappa shape index (κ2) is 10.3. The first kappa shape index (κ1) is 26.6. The summed E-state index contributed by atoms with van der Waals surface area (Å²) in [6.45, 7) is 6.72. The second-order valence-corrected chi connectivity index (χ2v) is 10.8. The quantitative estimate of drug-likeness (QED) is 0.143. The zero-order chi connectivity index (χ0) is 27.3. The maximum atomic E-state index is 14.8. The van der Waals surface area contributed by atoms with Crippen molar-refractivity contribution < 1.29 is 17.6 Å². The fourth-order valence-corrected chi connectivity index (χ4v) is 6.20. The highest BCUT2D eigenvalue weighted by atomic mass is 35.5. The number of rotatable bonds is 4. The molecule has 1 saturated heterocycles. The number of hydrogen-bond donors (Lipinski definition) is 0. The molecular weight excluding hydrogens is 534 g/mol. The minimum absolute atomic E-state index is 0.170. The number of benzene rings is 3. The van der Waals surface area contributed by atoms with Gasteiger partial charge in [-0.1, -0.05) is 29.8 Å². The number of hydrogen-bond acceptors (Lipinski definition) is 4. The van der Waals surface area contributed by atoms with Crippen molar-refractivity contribution in [1.82, 2.24) is 4.98 Å². The Hall–Kier alpha value is -2.97. The van der Waals surface area contributed by atoms with Crippen molar-refractivity contribution in [2.45, 2.75) is 31.7 Å². The van der Waals surface area contributed by atoms with Crippen LogP contribution in [0.5, 0.6) is 0 Å². The molecule has 5 rings (SSSR count). The fraction of sp³-hybridized carbons (Fsp3) is 0.276. The van der Waals surface area contributed by atoms with Gasteiger partial charge < -0.3 is 9.80 Å². The SMILES string of the molecule is CSc1c(F)c(F)c(N2CCN(c3ccnc4cc(-c5c(C)cccc5C)c(Cl)cc34)[C@@H](C)C2)c(F)c1F. The molecule has 9 heteroatoms. The summed E-state index contributed by atoms with van der Waals surface area (Å²) in [4.78, 5) is 7.41. The molecule has 0 unspecified atom stereocenters. The van der Waals surface area contributed by atoms with Crippen molar-refractivity contribution in [3.8, 4) is 11.1 Å². The average molecular weight is 560 g/mol. The summed E-state index contributed by atoms with van der Waals surface area (Å²) in [6.07, 6.45) is 3.10. The molecule has 0 bridgehead atoms. The molecule has 3 aromatic carbocycles. The molecule has 0 radical (unpaired) electrons. The van der Waals surface area contributed by atoms with Crippen LogP contribution in [-0.2, 0) is 0 Å². The first-order valence-corrected chi connectivity index (χ1v) is 13.8. The van der Waals surface area contributed by atoms with Gasteiger partial charge in [0.15, 0.2) is 23.3 Å². The molecular formula is C29H26ClF4N3S. The number of fused-ring (bicyclic) bond motifs is 1. The Morgan fingerprint density at radius 2 is 1.61 bits per heavy atom. The highest BCUT2D eigenvalue weighted by Gasteiger charge is 2.33. The summed E-state index contributed by atoms with van der Waals surface area (Å²) >= 11 is 7.44. The number of aryl methyl sites for hydroxylation is 2. The van der Waals surface area contributed by atoms with Crippen molar-refractivity contribution in [3.05, 3.63) is 82.0 Å². The lowest BCUT2D eigenvalue weighted by Crippen LogP contribution is -2.52. The summed E-state index contributed by atoms with van der Waals surface area (Å²) in [6, 6.07) is 11.7. The lowest BCUT2D eigenvalue weighted by atomic mass is 9.94. The van der Waals surface area contributed by atoms with Gasteiger partial charge in [-0.25, -0.2) is 17.6 Å². The number of piperazine rings is 1. The Bertz CT molecular complexity index is 1510. The Morgan fingerprint density at radius 1 is 0.947 bits per heavy atom. The van der Waals surface area contributed by atoms with E-state index in [1.165, 1.54) is 11.2 Å². The van der Waals surface area contributed by atoms with Gasteiger partial charge in [-0.2, -0.15) is 0 Å². The molecule has 0 aliphatic carbocycles. The van der Waals surface area contributed by atoms with Crippen molar-refractivity contribution in [2.75, 3.05) is 35.7 Å². The summed E-state index contributed by atoms with van der Waals surface area (Å²) in [5.74, 6) is -5.46. The summed E-state index contributed by atoms with van der Waals surface area (Å²) in [7, 11) is 0. The third kappa shape index (κ3) is 4.37. The zero-order valence-corrected chi connectivity index (χ0v) is 23.0. The van der Waals surface area contributed by atoms with Crippen LogP contribution in [0, 0.1) is 37.1 Å². The topological polar surface area (TPSA) is 19.4 Å². The van der Waals surface area contributed by atoms with E-state index in [0.29, 0.717) is 23.3 Å². The van der Waals surface area contributed by atoms with E-state index in [1.807, 2.05) is 57.2 Å². The van der Waals surface area contributed by atoms with Gasteiger partial charge in [0.05, 0.1) is 10.4 Å². The first-order valence-electron chi connectivity index (χ1n) is 12.2. The van der Waals surface area contributed by atoms with E-state index < -0.39 is 33.9 Å². The van der Waals surface area contributed by atoms with Gasteiger partial charge >= 0.3 is 0 Å². The molecule has 1 aromatic heterocycles. The standard InChI is InChI=1S/C29H26ClF4N3S/c1-15-6-5-7-16(2)23(15)18-13-21-19(12-20(18)30)22(8-9-35-21)37-11-10-36(14-17(37)3)28-24(31)26(33)29(38-4)27(34)25(28)32/h5-9,12-13,17H,10-11,14H2,1-4H3/t17-/m0/s1. The van der Waals surface area contributed by atoms with Crippen LogP contribution < -0.4 is 9.80 Å². The molecule has 0 saturated carbocycles. The maximum absolute atomic E-state index is 14.8. The third-order valence-corrected chi connectivity index (χ3v) is 8.29. The molecule has 4 aromatic rings. The molecule has 198 valence electrons. The number of anilines is 2. The zero-order valence-electron chi connectivity index (χ0n) is 21.4. The van der Waals surface area contributed by atoms with Gasteiger partial charge in [0, 0.05) is 53.5 Å². The lowest BCUT2D eigenvalue weighted by molar-refractivity contribution is 0.419. The van der Waals surface area contributed by atoms with Crippen LogP contribution in [0.4, 0.5) is 28.9 Å². The molecule has 2 heterocycles. The molecule has 1 atom stereocenters. The second-order valence-electron chi connectivity index (χ2n) is 9.57. The van der Waals surface area contributed by atoms with Crippen LogP contribution in [0.3, 0.4) is 0 Å². The molecule has 3 nitrogen and oxygen atoms in total. The minimum atomic E-state index is -1.37. The van der Waals surface area contributed by atoms with Gasteiger partial charge in [0.25, 0.3) is 0 Å². The van der Waals surface area contributed by atoms with E-state index in [0.717, 1.165) is 38.8 Å². The number of pyridine rings is 1. The monoisotopic (exact) mass is 559 g/mol. The van der Waals surface area contributed by atoms with E-state index in [4.69, 9.17) is 11.6 Å². The molecule has 38 heavy (non-hydrogen) atoms. The van der Waals surface area contributed by atoms with Crippen LogP contribution >= 0.6 is 23.4 Å². The predicted molar refractivity (Wildman–Crippen MR) is 149 cm³/mol. The number of halogens is 5. The molecule has 1 aliphatic rings. The average Bonchev–Trinajstić information content (AvgIpc) is 2.88. The predicted octanol–water partition coefficient (Wildman–Crippen LogP) is 8.17. The van der Waals surface area contributed by atoms with Crippen LogP contribution in [-0.4, -0.2) is 36.9 Å². The normalized spacial score (nSPS) is 16.0. The minimum Gasteiger partial charge on any atom is -0.365 e. The van der Waals surface area contributed by atoms with Crippen LogP contribution in [0.25, 0.3) is 22.0 Å². The van der Waals surface area contributed by atoms with Gasteiger partial charge in [0.1, 0.15) is 5.69 Å². The summed E-state index contributed by atoms with van der Waals surface area (Å²) < 4.78 is 58.6. The van der Waals surface area contributed by atoms with Crippen LogP contribution in [0.15, 0.2) is 47.5 Å². The Kier molecular flexibility index (Phi) is 7.22. The number of aromatic nitrogens is 1. The highest BCUT2D eigenvalue weighted by molar-refractivity contribution is 7.98. The molecule has 1 aliphatic heterocycles. The number of thioether (sulfide) groups is 1. The van der Waals surface area contributed by atoms with Gasteiger partial charge in [-0.3, -0.25) is 4.98 Å². The van der Waals surface area contributed by atoms with Crippen LogP contribution in [0.1, 0.15) is 18.1 Å². The van der Waals surface area contributed by atoms with Crippen molar-refractivity contribution >= 4 is 45.6 Å². The molecule has 1 fully saturated rings. The Labute approximate surface area is 228 Å². The van der Waals surface area contributed by atoms with E-state index in [1.54, 1.807) is 6.20 Å². The van der Waals surface area contributed by atoms with Gasteiger partial charge in [0.2, 0.25) is 0 Å². The van der Waals surface area contributed by atoms with E-state index in [-0.39, 0.29) is 19.1 Å².